The first-order chi connectivity index (χ1) is 11.1. The van der Waals surface area contributed by atoms with E-state index < -0.39 is 0 Å². The standard InChI is InChI=1S/C17H12Cl2N2O2/c18-12-6-7-14(15(19)8-12)17(22)20-10-13-9-16(23-21-13)11-4-2-1-3-5-11/h1-9H,10H2,(H,20,22). The van der Waals surface area contributed by atoms with E-state index in [-0.39, 0.29) is 12.5 Å². The first-order valence-corrected chi connectivity index (χ1v) is 7.63. The molecule has 0 radical (unpaired) electrons. The molecule has 6 heteroatoms. The smallest absolute Gasteiger partial charge is 0.253 e. The zero-order valence-electron chi connectivity index (χ0n) is 11.9. The summed E-state index contributed by atoms with van der Waals surface area (Å²) in [6.07, 6.45) is 0. The predicted molar refractivity (Wildman–Crippen MR) is 89.6 cm³/mol. The maximum atomic E-state index is 12.1. The van der Waals surface area contributed by atoms with Gasteiger partial charge in [0.25, 0.3) is 5.91 Å². The van der Waals surface area contributed by atoms with Gasteiger partial charge in [0.15, 0.2) is 5.76 Å². The quantitative estimate of drug-likeness (QED) is 0.752. The molecule has 0 bridgehead atoms. The molecule has 4 nitrogen and oxygen atoms in total. The summed E-state index contributed by atoms with van der Waals surface area (Å²) in [4.78, 5) is 12.1. The van der Waals surface area contributed by atoms with E-state index in [2.05, 4.69) is 10.5 Å². The number of nitrogens with one attached hydrogen (secondary N) is 1. The van der Waals surface area contributed by atoms with Crippen LogP contribution in [0.1, 0.15) is 16.1 Å². The van der Waals surface area contributed by atoms with Crippen molar-refractivity contribution in [2.75, 3.05) is 0 Å². The molecule has 1 amide bonds. The van der Waals surface area contributed by atoms with Crippen molar-refractivity contribution < 1.29 is 9.32 Å². The van der Waals surface area contributed by atoms with E-state index in [1.165, 1.54) is 6.07 Å². The SMILES string of the molecule is O=C(NCc1cc(-c2ccccc2)on1)c1ccc(Cl)cc1Cl. The van der Waals surface area contributed by atoms with Crippen LogP contribution in [-0.2, 0) is 6.54 Å². The normalized spacial score (nSPS) is 10.5. The summed E-state index contributed by atoms with van der Waals surface area (Å²) < 4.78 is 5.28. The molecule has 1 heterocycles. The Labute approximate surface area is 143 Å². The molecular formula is C17H12Cl2N2O2. The van der Waals surface area contributed by atoms with Crippen LogP contribution >= 0.6 is 23.2 Å². The molecule has 2 aromatic carbocycles. The minimum Gasteiger partial charge on any atom is -0.356 e. The third kappa shape index (κ3) is 3.73. The Kier molecular flexibility index (Phi) is 4.65. The number of hydrogen-bond acceptors (Lipinski definition) is 3. The van der Waals surface area contributed by atoms with Crippen LogP contribution in [0.2, 0.25) is 10.0 Å². The molecule has 0 aliphatic heterocycles. The van der Waals surface area contributed by atoms with Gasteiger partial charge in [0, 0.05) is 16.7 Å². The van der Waals surface area contributed by atoms with Crippen molar-refractivity contribution in [3.63, 3.8) is 0 Å². The molecule has 0 spiro atoms. The molecule has 0 atom stereocenters. The summed E-state index contributed by atoms with van der Waals surface area (Å²) in [6, 6.07) is 16.1. The van der Waals surface area contributed by atoms with Gasteiger partial charge >= 0.3 is 0 Å². The van der Waals surface area contributed by atoms with E-state index in [4.69, 9.17) is 27.7 Å². The topological polar surface area (TPSA) is 55.1 Å². The Morgan fingerprint density at radius 3 is 2.61 bits per heavy atom. The second-order valence-electron chi connectivity index (χ2n) is 4.86. The highest BCUT2D eigenvalue weighted by molar-refractivity contribution is 6.36. The van der Waals surface area contributed by atoms with Gasteiger partial charge in [-0.2, -0.15) is 0 Å². The number of rotatable bonds is 4. The lowest BCUT2D eigenvalue weighted by molar-refractivity contribution is 0.0950. The van der Waals surface area contributed by atoms with Crippen LogP contribution in [0, 0.1) is 0 Å². The molecule has 0 aliphatic rings. The Morgan fingerprint density at radius 2 is 1.87 bits per heavy atom. The lowest BCUT2D eigenvalue weighted by Gasteiger charge is -2.05. The van der Waals surface area contributed by atoms with Crippen molar-refractivity contribution in [3.8, 4) is 11.3 Å². The van der Waals surface area contributed by atoms with Crippen molar-refractivity contribution in [2.24, 2.45) is 0 Å². The average molecular weight is 347 g/mol. The van der Waals surface area contributed by atoms with Crippen LogP contribution in [0.5, 0.6) is 0 Å². The Balaban J connectivity index is 1.67. The number of halogens is 2. The number of hydrogen-bond donors (Lipinski definition) is 1. The summed E-state index contributed by atoms with van der Waals surface area (Å²) >= 11 is 11.8. The molecule has 23 heavy (non-hydrogen) atoms. The number of aromatic nitrogens is 1. The largest absolute Gasteiger partial charge is 0.356 e. The van der Waals surface area contributed by atoms with Crippen LogP contribution in [0.4, 0.5) is 0 Å². The third-order valence-electron chi connectivity index (χ3n) is 3.22. The molecule has 3 aromatic rings. The summed E-state index contributed by atoms with van der Waals surface area (Å²) in [6.45, 7) is 0.244. The number of nitrogens with zero attached hydrogens (tertiary/aromatic N) is 1. The van der Waals surface area contributed by atoms with Gasteiger partial charge in [0.2, 0.25) is 0 Å². The second kappa shape index (κ2) is 6.86. The fraction of sp³-hybridized carbons (Fsp3) is 0.0588. The van der Waals surface area contributed by atoms with Crippen LogP contribution in [-0.4, -0.2) is 11.1 Å². The Hall–Kier alpha value is -2.30. The lowest BCUT2D eigenvalue weighted by atomic mass is 10.1. The van der Waals surface area contributed by atoms with E-state index in [1.807, 2.05) is 30.3 Å². The van der Waals surface area contributed by atoms with Gasteiger partial charge in [-0.1, -0.05) is 58.7 Å². The summed E-state index contributed by atoms with van der Waals surface area (Å²) in [5.41, 5.74) is 1.92. The molecule has 1 N–H and O–H groups in total. The number of carbonyl (C=O) groups excluding carboxylic acids is 1. The molecular weight excluding hydrogens is 335 g/mol. The minimum absolute atomic E-state index is 0.244. The maximum absolute atomic E-state index is 12.1. The minimum atomic E-state index is -0.295. The Morgan fingerprint density at radius 1 is 1.09 bits per heavy atom. The zero-order valence-corrected chi connectivity index (χ0v) is 13.4. The van der Waals surface area contributed by atoms with Gasteiger partial charge in [-0.15, -0.1) is 0 Å². The molecule has 0 aliphatic carbocycles. The average Bonchev–Trinajstić information content (AvgIpc) is 3.02. The van der Waals surface area contributed by atoms with E-state index >= 15 is 0 Å². The van der Waals surface area contributed by atoms with Crippen molar-refractivity contribution >= 4 is 29.1 Å². The summed E-state index contributed by atoms with van der Waals surface area (Å²) in [7, 11) is 0. The molecule has 0 unspecified atom stereocenters. The molecule has 1 aromatic heterocycles. The first-order valence-electron chi connectivity index (χ1n) is 6.88. The van der Waals surface area contributed by atoms with Gasteiger partial charge in [0.05, 0.1) is 17.1 Å². The molecule has 0 saturated carbocycles. The zero-order chi connectivity index (χ0) is 16.2. The van der Waals surface area contributed by atoms with Crippen LogP contribution in [0.15, 0.2) is 59.1 Å². The van der Waals surface area contributed by atoms with E-state index in [9.17, 15) is 4.79 Å². The highest BCUT2D eigenvalue weighted by Crippen LogP contribution is 2.22. The van der Waals surface area contributed by atoms with Gasteiger partial charge in [-0.3, -0.25) is 4.79 Å². The van der Waals surface area contributed by atoms with Gasteiger partial charge in [-0.25, -0.2) is 0 Å². The number of amides is 1. The number of benzene rings is 2. The third-order valence-corrected chi connectivity index (χ3v) is 3.77. The van der Waals surface area contributed by atoms with E-state index in [0.29, 0.717) is 27.1 Å². The maximum Gasteiger partial charge on any atom is 0.253 e. The summed E-state index contributed by atoms with van der Waals surface area (Å²) in [5, 5.41) is 7.49. The van der Waals surface area contributed by atoms with Crippen molar-refractivity contribution in [2.45, 2.75) is 6.54 Å². The van der Waals surface area contributed by atoms with E-state index in [1.54, 1.807) is 18.2 Å². The molecule has 3 rings (SSSR count). The monoisotopic (exact) mass is 346 g/mol. The van der Waals surface area contributed by atoms with Crippen molar-refractivity contribution in [3.05, 3.63) is 75.9 Å². The molecule has 116 valence electrons. The second-order valence-corrected chi connectivity index (χ2v) is 5.70. The van der Waals surface area contributed by atoms with Crippen LogP contribution < -0.4 is 5.32 Å². The first kappa shape index (κ1) is 15.6. The fourth-order valence-electron chi connectivity index (χ4n) is 2.07. The van der Waals surface area contributed by atoms with Gasteiger partial charge in [0.1, 0.15) is 5.69 Å². The number of carbonyl (C=O) groups is 1. The predicted octanol–water partition coefficient (Wildman–Crippen LogP) is 4.58. The van der Waals surface area contributed by atoms with Crippen LogP contribution in [0.3, 0.4) is 0 Å². The van der Waals surface area contributed by atoms with E-state index in [0.717, 1.165) is 5.56 Å². The van der Waals surface area contributed by atoms with Gasteiger partial charge < -0.3 is 9.84 Å². The van der Waals surface area contributed by atoms with Gasteiger partial charge in [-0.05, 0) is 18.2 Å². The lowest BCUT2D eigenvalue weighted by Crippen LogP contribution is -2.23. The highest BCUT2D eigenvalue weighted by atomic mass is 35.5. The highest BCUT2D eigenvalue weighted by Gasteiger charge is 2.12. The summed E-state index contributed by atoms with van der Waals surface area (Å²) in [5.74, 6) is 0.357. The Bertz CT molecular complexity index is 832. The van der Waals surface area contributed by atoms with Crippen molar-refractivity contribution in [1.82, 2.24) is 10.5 Å². The molecule has 0 saturated heterocycles. The van der Waals surface area contributed by atoms with Crippen LogP contribution in [0.25, 0.3) is 11.3 Å². The fourth-order valence-corrected chi connectivity index (χ4v) is 2.57. The molecule has 0 fully saturated rings. The van der Waals surface area contributed by atoms with Crippen molar-refractivity contribution in [1.29, 1.82) is 0 Å².